The molecule has 19 heavy (non-hydrogen) atoms. The van der Waals surface area contributed by atoms with E-state index < -0.39 is 0 Å². The molecule has 0 aliphatic carbocycles. The number of hydrogen-bond donors (Lipinski definition) is 2. The second kappa shape index (κ2) is 6.14. The molecule has 100 valence electrons. The van der Waals surface area contributed by atoms with Gasteiger partial charge in [-0.25, -0.2) is 0 Å². The second-order valence-corrected chi connectivity index (χ2v) is 4.59. The van der Waals surface area contributed by atoms with E-state index in [1.54, 1.807) is 0 Å². The van der Waals surface area contributed by atoms with E-state index >= 15 is 0 Å². The normalized spacial score (nSPS) is 10.2. The zero-order chi connectivity index (χ0) is 13.7. The summed E-state index contributed by atoms with van der Waals surface area (Å²) in [6.07, 6.45) is 0.967. The smallest absolute Gasteiger partial charge is 0.144 e. The van der Waals surface area contributed by atoms with Crippen LogP contribution in [0.2, 0.25) is 0 Å². The highest BCUT2D eigenvalue weighted by atomic mass is 16.5. The lowest BCUT2D eigenvalue weighted by Gasteiger charge is -2.11. The van der Waals surface area contributed by atoms with Crippen molar-refractivity contribution in [3.05, 3.63) is 48.0 Å². The monoisotopic (exact) mass is 256 g/mol. The van der Waals surface area contributed by atoms with Gasteiger partial charge in [-0.2, -0.15) is 0 Å². The molecule has 0 fully saturated rings. The standard InChI is InChI=1S/C16H20N2O/c1-3-10-19-16-11-14(8-9-15(16)17)18-13-6-4-12(2)5-7-13/h4-9,11,18H,3,10,17H2,1-2H3. The van der Waals surface area contributed by atoms with Gasteiger partial charge in [-0.3, -0.25) is 0 Å². The van der Waals surface area contributed by atoms with Crippen LogP contribution in [-0.2, 0) is 0 Å². The molecule has 0 saturated carbocycles. The van der Waals surface area contributed by atoms with E-state index in [-0.39, 0.29) is 0 Å². The molecule has 0 spiro atoms. The topological polar surface area (TPSA) is 47.3 Å². The largest absolute Gasteiger partial charge is 0.491 e. The highest BCUT2D eigenvalue weighted by molar-refractivity contribution is 5.66. The first-order valence-electron chi connectivity index (χ1n) is 6.55. The predicted molar refractivity (Wildman–Crippen MR) is 81.1 cm³/mol. The first-order chi connectivity index (χ1) is 9.19. The summed E-state index contributed by atoms with van der Waals surface area (Å²) in [5.74, 6) is 0.735. The summed E-state index contributed by atoms with van der Waals surface area (Å²) >= 11 is 0. The third kappa shape index (κ3) is 3.65. The molecule has 0 aliphatic rings. The Kier molecular flexibility index (Phi) is 4.29. The lowest BCUT2D eigenvalue weighted by molar-refractivity contribution is 0.319. The van der Waals surface area contributed by atoms with Crippen molar-refractivity contribution in [1.82, 2.24) is 0 Å². The lowest BCUT2D eigenvalue weighted by Crippen LogP contribution is -2.00. The van der Waals surface area contributed by atoms with Crippen LogP contribution < -0.4 is 15.8 Å². The average Bonchev–Trinajstić information content (AvgIpc) is 2.42. The Morgan fingerprint density at radius 1 is 1.05 bits per heavy atom. The van der Waals surface area contributed by atoms with Gasteiger partial charge in [0.25, 0.3) is 0 Å². The van der Waals surface area contributed by atoms with E-state index in [4.69, 9.17) is 10.5 Å². The van der Waals surface area contributed by atoms with Crippen LogP contribution in [0.1, 0.15) is 18.9 Å². The molecule has 0 atom stereocenters. The molecular formula is C16H20N2O. The van der Waals surface area contributed by atoms with Gasteiger partial charge < -0.3 is 15.8 Å². The van der Waals surface area contributed by atoms with Crippen molar-refractivity contribution >= 4 is 17.1 Å². The summed E-state index contributed by atoms with van der Waals surface area (Å²) in [4.78, 5) is 0. The summed E-state index contributed by atoms with van der Waals surface area (Å²) in [6.45, 7) is 4.83. The van der Waals surface area contributed by atoms with Gasteiger partial charge in [-0.05, 0) is 37.6 Å². The molecule has 2 aromatic carbocycles. The van der Waals surface area contributed by atoms with E-state index in [9.17, 15) is 0 Å². The maximum atomic E-state index is 5.89. The Morgan fingerprint density at radius 3 is 2.42 bits per heavy atom. The van der Waals surface area contributed by atoms with Crippen LogP contribution in [-0.4, -0.2) is 6.61 Å². The zero-order valence-electron chi connectivity index (χ0n) is 11.4. The van der Waals surface area contributed by atoms with Gasteiger partial charge in [0.2, 0.25) is 0 Å². The molecule has 3 N–H and O–H groups in total. The molecular weight excluding hydrogens is 236 g/mol. The molecule has 0 saturated heterocycles. The first kappa shape index (κ1) is 13.3. The minimum Gasteiger partial charge on any atom is -0.491 e. The molecule has 0 aromatic heterocycles. The predicted octanol–water partition coefficient (Wildman–Crippen LogP) is 4.11. The van der Waals surface area contributed by atoms with Crippen LogP contribution in [0.5, 0.6) is 5.75 Å². The number of anilines is 3. The van der Waals surface area contributed by atoms with Crippen LogP contribution in [0, 0.1) is 6.92 Å². The summed E-state index contributed by atoms with van der Waals surface area (Å²) < 4.78 is 5.62. The van der Waals surface area contributed by atoms with E-state index in [0.717, 1.165) is 23.5 Å². The number of aryl methyl sites for hydroxylation is 1. The first-order valence-corrected chi connectivity index (χ1v) is 6.55. The molecule has 2 rings (SSSR count). The molecule has 0 radical (unpaired) electrons. The fourth-order valence-electron chi connectivity index (χ4n) is 1.75. The molecule has 2 aromatic rings. The summed E-state index contributed by atoms with van der Waals surface area (Å²) in [5.41, 5.74) is 9.83. The number of ether oxygens (including phenoxy) is 1. The molecule has 0 bridgehead atoms. The van der Waals surface area contributed by atoms with Crippen LogP contribution in [0.4, 0.5) is 17.1 Å². The number of rotatable bonds is 5. The molecule has 0 amide bonds. The van der Waals surface area contributed by atoms with Crippen molar-refractivity contribution in [2.75, 3.05) is 17.7 Å². The zero-order valence-corrected chi connectivity index (χ0v) is 11.4. The number of nitrogens with one attached hydrogen (secondary N) is 1. The fraction of sp³-hybridized carbons (Fsp3) is 0.250. The van der Waals surface area contributed by atoms with Crippen molar-refractivity contribution < 1.29 is 4.74 Å². The minimum absolute atomic E-state index is 0.669. The number of nitrogen functional groups attached to an aromatic ring is 1. The van der Waals surface area contributed by atoms with Crippen LogP contribution in [0.3, 0.4) is 0 Å². The number of nitrogens with two attached hydrogens (primary N) is 1. The summed E-state index contributed by atoms with van der Waals surface area (Å²) in [5, 5.41) is 3.34. The van der Waals surface area contributed by atoms with Gasteiger partial charge in [0.15, 0.2) is 0 Å². The average molecular weight is 256 g/mol. The van der Waals surface area contributed by atoms with Crippen LogP contribution in [0.15, 0.2) is 42.5 Å². The Morgan fingerprint density at radius 2 is 1.74 bits per heavy atom. The van der Waals surface area contributed by atoms with Crippen LogP contribution in [0.25, 0.3) is 0 Å². The Balaban J connectivity index is 2.14. The van der Waals surface area contributed by atoms with E-state index in [1.807, 2.05) is 18.2 Å². The highest BCUT2D eigenvalue weighted by Crippen LogP contribution is 2.27. The minimum atomic E-state index is 0.669. The molecule has 0 aliphatic heterocycles. The lowest BCUT2D eigenvalue weighted by atomic mass is 10.2. The highest BCUT2D eigenvalue weighted by Gasteiger charge is 2.02. The third-order valence-electron chi connectivity index (χ3n) is 2.82. The maximum Gasteiger partial charge on any atom is 0.144 e. The summed E-state index contributed by atoms with van der Waals surface area (Å²) in [7, 11) is 0. The molecule has 3 nitrogen and oxygen atoms in total. The molecule has 0 heterocycles. The van der Waals surface area contributed by atoms with Crippen molar-refractivity contribution in [2.24, 2.45) is 0 Å². The van der Waals surface area contributed by atoms with Gasteiger partial charge in [0.05, 0.1) is 12.3 Å². The number of benzene rings is 2. The van der Waals surface area contributed by atoms with E-state index in [1.165, 1.54) is 5.56 Å². The van der Waals surface area contributed by atoms with Crippen molar-refractivity contribution in [3.8, 4) is 5.75 Å². The quantitative estimate of drug-likeness (QED) is 0.791. The van der Waals surface area contributed by atoms with Crippen molar-refractivity contribution in [1.29, 1.82) is 0 Å². The third-order valence-corrected chi connectivity index (χ3v) is 2.82. The van der Waals surface area contributed by atoms with E-state index in [2.05, 4.69) is 43.4 Å². The van der Waals surface area contributed by atoms with Gasteiger partial charge in [0, 0.05) is 17.4 Å². The maximum absolute atomic E-state index is 5.89. The number of hydrogen-bond acceptors (Lipinski definition) is 3. The van der Waals surface area contributed by atoms with Crippen LogP contribution >= 0.6 is 0 Å². The van der Waals surface area contributed by atoms with Crippen molar-refractivity contribution in [2.45, 2.75) is 20.3 Å². The Bertz CT molecular complexity index is 535. The molecule has 0 unspecified atom stereocenters. The van der Waals surface area contributed by atoms with Gasteiger partial charge in [-0.1, -0.05) is 24.6 Å². The summed E-state index contributed by atoms with van der Waals surface area (Å²) in [6, 6.07) is 14.0. The Hall–Kier alpha value is -2.16. The second-order valence-electron chi connectivity index (χ2n) is 4.59. The molecule has 3 heteroatoms. The van der Waals surface area contributed by atoms with E-state index in [0.29, 0.717) is 12.3 Å². The Labute approximate surface area is 114 Å². The SMILES string of the molecule is CCCOc1cc(Nc2ccc(C)cc2)ccc1N. The van der Waals surface area contributed by atoms with Gasteiger partial charge >= 0.3 is 0 Å². The fourth-order valence-corrected chi connectivity index (χ4v) is 1.75. The van der Waals surface area contributed by atoms with Gasteiger partial charge in [0.1, 0.15) is 5.75 Å². The van der Waals surface area contributed by atoms with Crippen molar-refractivity contribution in [3.63, 3.8) is 0 Å². The van der Waals surface area contributed by atoms with Gasteiger partial charge in [-0.15, -0.1) is 0 Å².